The number of guanidine groups is 1. The second-order valence-corrected chi connectivity index (χ2v) is 6.65. The van der Waals surface area contributed by atoms with Gasteiger partial charge in [-0.1, -0.05) is 18.2 Å². The van der Waals surface area contributed by atoms with Gasteiger partial charge in [-0.3, -0.25) is 4.99 Å². The van der Waals surface area contributed by atoms with E-state index in [1.165, 1.54) is 5.69 Å². The molecule has 1 aromatic carbocycles. The number of aliphatic imine (C=N–C) groups is 1. The Bertz CT molecular complexity index is 518. The predicted molar refractivity (Wildman–Crippen MR) is 127 cm³/mol. The van der Waals surface area contributed by atoms with Crippen LogP contribution in [-0.2, 0) is 4.74 Å². The van der Waals surface area contributed by atoms with Crippen molar-refractivity contribution < 1.29 is 4.74 Å². The van der Waals surface area contributed by atoms with Gasteiger partial charge in [0, 0.05) is 51.6 Å². The van der Waals surface area contributed by atoms with Gasteiger partial charge >= 0.3 is 0 Å². The van der Waals surface area contributed by atoms with Crippen LogP contribution < -0.4 is 10.2 Å². The number of rotatable bonds is 9. The van der Waals surface area contributed by atoms with Crippen molar-refractivity contribution in [2.75, 3.05) is 50.8 Å². The maximum Gasteiger partial charge on any atom is 0.193 e. The molecule has 0 amide bonds. The van der Waals surface area contributed by atoms with E-state index in [0.717, 1.165) is 71.1 Å². The van der Waals surface area contributed by atoms with Gasteiger partial charge in [0.25, 0.3) is 0 Å². The lowest BCUT2D eigenvalue weighted by molar-refractivity contribution is 0.0264. The van der Waals surface area contributed by atoms with Gasteiger partial charge in [-0.15, -0.1) is 24.0 Å². The molecule has 6 heteroatoms. The third-order valence-corrected chi connectivity index (χ3v) is 4.83. The van der Waals surface area contributed by atoms with Crippen LogP contribution in [0.15, 0.2) is 35.3 Å². The van der Waals surface area contributed by atoms with Crippen molar-refractivity contribution in [2.24, 2.45) is 4.99 Å². The lowest BCUT2D eigenvalue weighted by atomic mass is 10.1. The van der Waals surface area contributed by atoms with Crippen LogP contribution in [0.2, 0.25) is 0 Å². The van der Waals surface area contributed by atoms with Gasteiger partial charge in [0.1, 0.15) is 0 Å². The molecule has 0 bridgehead atoms. The minimum absolute atomic E-state index is 0. The van der Waals surface area contributed by atoms with Crippen LogP contribution in [-0.4, -0.2) is 62.8 Å². The van der Waals surface area contributed by atoms with Gasteiger partial charge in [0.05, 0.1) is 6.10 Å². The van der Waals surface area contributed by atoms with E-state index in [1.807, 2.05) is 0 Å². The zero-order valence-electron chi connectivity index (χ0n) is 17.2. The number of para-hydroxylation sites is 1. The molecule has 27 heavy (non-hydrogen) atoms. The van der Waals surface area contributed by atoms with Crippen LogP contribution in [0, 0.1) is 0 Å². The zero-order valence-corrected chi connectivity index (χ0v) is 19.5. The largest absolute Gasteiger partial charge is 0.378 e. The standard InChI is InChI=1S/C21H36N4O.HI/c1-4-22-21(25-17-13-20(14-18-25)26-6-3)23-15-10-16-24(5-2)19-11-8-7-9-12-19;/h7-9,11-12,20H,4-6,10,13-18H2,1-3H3,(H,22,23);1H. The molecule has 0 atom stereocenters. The predicted octanol–water partition coefficient (Wildman–Crippen LogP) is 3.99. The monoisotopic (exact) mass is 488 g/mol. The molecule has 1 aliphatic rings. The molecular formula is C21H37IN4O. The van der Waals surface area contributed by atoms with E-state index in [4.69, 9.17) is 9.73 Å². The number of likely N-dealkylation sites (tertiary alicyclic amines) is 1. The fourth-order valence-electron chi connectivity index (χ4n) is 3.45. The minimum Gasteiger partial charge on any atom is -0.378 e. The van der Waals surface area contributed by atoms with E-state index in [2.05, 4.69) is 66.2 Å². The number of nitrogens with zero attached hydrogens (tertiary/aromatic N) is 3. The Morgan fingerprint density at radius 3 is 2.48 bits per heavy atom. The van der Waals surface area contributed by atoms with Crippen LogP contribution in [0.3, 0.4) is 0 Å². The highest BCUT2D eigenvalue weighted by Gasteiger charge is 2.21. The van der Waals surface area contributed by atoms with Gasteiger partial charge in [0.2, 0.25) is 0 Å². The zero-order chi connectivity index (χ0) is 18.6. The van der Waals surface area contributed by atoms with E-state index >= 15 is 0 Å². The maximum atomic E-state index is 5.76. The van der Waals surface area contributed by atoms with Gasteiger partial charge < -0.3 is 19.9 Å². The van der Waals surface area contributed by atoms with Crippen molar-refractivity contribution in [1.82, 2.24) is 10.2 Å². The quantitative estimate of drug-likeness (QED) is 0.247. The Morgan fingerprint density at radius 2 is 1.89 bits per heavy atom. The Hall–Kier alpha value is -1.02. The summed E-state index contributed by atoms with van der Waals surface area (Å²) in [4.78, 5) is 9.67. The molecule has 2 rings (SSSR count). The van der Waals surface area contributed by atoms with E-state index in [0.29, 0.717) is 6.10 Å². The number of piperidine rings is 1. The molecule has 0 aromatic heterocycles. The molecule has 0 radical (unpaired) electrons. The molecule has 1 fully saturated rings. The fourth-order valence-corrected chi connectivity index (χ4v) is 3.45. The number of ether oxygens (including phenoxy) is 1. The van der Waals surface area contributed by atoms with Gasteiger partial charge in [-0.05, 0) is 52.2 Å². The van der Waals surface area contributed by atoms with Crippen molar-refractivity contribution >= 4 is 35.6 Å². The molecular weight excluding hydrogens is 451 g/mol. The second kappa shape index (κ2) is 14.0. The number of anilines is 1. The highest BCUT2D eigenvalue weighted by Crippen LogP contribution is 2.15. The summed E-state index contributed by atoms with van der Waals surface area (Å²) in [7, 11) is 0. The van der Waals surface area contributed by atoms with E-state index in [1.54, 1.807) is 0 Å². The van der Waals surface area contributed by atoms with Crippen molar-refractivity contribution in [1.29, 1.82) is 0 Å². The third-order valence-electron chi connectivity index (χ3n) is 4.83. The molecule has 1 N–H and O–H groups in total. The van der Waals surface area contributed by atoms with E-state index in [9.17, 15) is 0 Å². The Kier molecular flexibility index (Phi) is 12.5. The van der Waals surface area contributed by atoms with E-state index in [-0.39, 0.29) is 24.0 Å². The summed E-state index contributed by atoms with van der Waals surface area (Å²) in [5, 5.41) is 3.45. The third kappa shape index (κ3) is 8.25. The Morgan fingerprint density at radius 1 is 1.19 bits per heavy atom. The van der Waals surface area contributed by atoms with Crippen molar-refractivity contribution in [2.45, 2.75) is 46.1 Å². The average molecular weight is 488 g/mol. The summed E-state index contributed by atoms with van der Waals surface area (Å²) in [6, 6.07) is 10.6. The molecule has 1 saturated heterocycles. The number of nitrogens with one attached hydrogen (secondary N) is 1. The highest BCUT2D eigenvalue weighted by molar-refractivity contribution is 14.0. The maximum absolute atomic E-state index is 5.76. The van der Waals surface area contributed by atoms with Crippen molar-refractivity contribution in [3.63, 3.8) is 0 Å². The molecule has 154 valence electrons. The van der Waals surface area contributed by atoms with Gasteiger partial charge in [-0.2, -0.15) is 0 Å². The first-order valence-corrected chi connectivity index (χ1v) is 10.2. The van der Waals surface area contributed by atoms with Crippen LogP contribution in [0.1, 0.15) is 40.0 Å². The van der Waals surface area contributed by atoms with Crippen LogP contribution in [0.4, 0.5) is 5.69 Å². The Balaban J connectivity index is 0.00000364. The lowest BCUT2D eigenvalue weighted by Crippen LogP contribution is -2.47. The van der Waals surface area contributed by atoms with Gasteiger partial charge in [0.15, 0.2) is 5.96 Å². The molecule has 0 spiro atoms. The van der Waals surface area contributed by atoms with Crippen LogP contribution >= 0.6 is 24.0 Å². The van der Waals surface area contributed by atoms with Crippen LogP contribution in [0.25, 0.3) is 0 Å². The van der Waals surface area contributed by atoms with Crippen molar-refractivity contribution in [3.05, 3.63) is 30.3 Å². The minimum atomic E-state index is 0. The lowest BCUT2D eigenvalue weighted by Gasteiger charge is -2.34. The van der Waals surface area contributed by atoms with Crippen molar-refractivity contribution in [3.8, 4) is 0 Å². The Labute approximate surface area is 182 Å². The topological polar surface area (TPSA) is 40.1 Å². The molecule has 1 aromatic rings. The summed E-state index contributed by atoms with van der Waals surface area (Å²) >= 11 is 0. The molecule has 0 saturated carbocycles. The number of benzene rings is 1. The average Bonchev–Trinajstić information content (AvgIpc) is 2.69. The first-order chi connectivity index (χ1) is 12.8. The molecule has 5 nitrogen and oxygen atoms in total. The van der Waals surface area contributed by atoms with E-state index < -0.39 is 0 Å². The fraction of sp³-hybridized carbons (Fsp3) is 0.667. The first-order valence-electron chi connectivity index (χ1n) is 10.2. The number of hydrogen-bond acceptors (Lipinski definition) is 3. The molecule has 0 aliphatic carbocycles. The summed E-state index contributed by atoms with van der Waals surface area (Å²) in [6.07, 6.45) is 3.67. The second-order valence-electron chi connectivity index (χ2n) is 6.65. The van der Waals surface area contributed by atoms with Gasteiger partial charge in [-0.25, -0.2) is 0 Å². The van der Waals surface area contributed by atoms with Crippen LogP contribution in [0.5, 0.6) is 0 Å². The molecule has 0 unspecified atom stereocenters. The number of halogens is 1. The normalized spacial score (nSPS) is 15.4. The first kappa shape index (κ1) is 24.0. The molecule has 1 aliphatic heterocycles. The highest BCUT2D eigenvalue weighted by atomic mass is 127. The SMILES string of the molecule is CCNC(=NCCCN(CC)c1ccccc1)N1CCC(OCC)CC1.I. The summed E-state index contributed by atoms with van der Waals surface area (Å²) in [5.41, 5.74) is 1.30. The summed E-state index contributed by atoms with van der Waals surface area (Å²) < 4.78 is 5.76. The smallest absolute Gasteiger partial charge is 0.193 e. The molecule has 1 heterocycles. The summed E-state index contributed by atoms with van der Waals surface area (Å²) in [5.74, 6) is 1.06. The summed E-state index contributed by atoms with van der Waals surface area (Å²) in [6.45, 7) is 13.1. The number of hydrogen-bond donors (Lipinski definition) is 1.